The van der Waals surface area contributed by atoms with Crippen LogP contribution < -0.4 is 0 Å². The first-order valence-corrected chi connectivity index (χ1v) is 4.58. The monoisotopic (exact) mass is 236 g/mol. The van der Waals surface area contributed by atoms with Gasteiger partial charge in [-0.05, 0) is 0 Å². The Hall–Kier alpha value is -1.53. The summed E-state index contributed by atoms with van der Waals surface area (Å²) in [4.78, 5) is 14.2. The van der Waals surface area contributed by atoms with E-state index in [1.807, 2.05) is 0 Å². The van der Waals surface area contributed by atoms with E-state index in [4.69, 9.17) is 5.11 Å². The molecule has 0 radical (unpaired) electrons. The van der Waals surface area contributed by atoms with Crippen LogP contribution in [0.25, 0.3) is 0 Å². The topological polar surface area (TPSA) is 55.1 Å². The van der Waals surface area contributed by atoms with Crippen LogP contribution in [0.3, 0.4) is 0 Å². The Morgan fingerprint density at radius 3 is 2.75 bits per heavy atom. The molecule has 1 atom stereocenters. The first-order valence-electron chi connectivity index (χ1n) is 4.58. The van der Waals surface area contributed by atoms with Crippen LogP contribution in [0.5, 0.6) is 0 Å². The highest BCUT2D eigenvalue weighted by atomic mass is 19.4. The predicted octanol–water partition coefficient (Wildman–Crippen LogP) is 1.71. The maximum Gasteiger partial charge on any atom is 0.406 e. The van der Waals surface area contributed by atoms with Gasteiger partial charge >= 0.3 is 12.1 Å². The van der Waals surface area contributed by atoms with Gasteiger partial charge in [0.15, 0.2) is 0 Å². The van der Waals surface area contributed by atoms with E-state index < -0.39 is 24.6 Å². The van der Waals surface area contributed by atoms with Crippen molar-refractivity contribution in [1.82, 2.24) is 9.55 Å². The molecule has 0 aliphatic rings. The molecule has 0 amide bonds. The average Bonchev–Trinajstić information content (AvgIpc) is 2.49. The van der Waals surface area contributed by atoms with Crippen molar-refractivity contribution in [3.8, 4) is 0 Å². The summed E-state index contributed by atoms with van der Waals surface area (Å²) in [6.45, 7) is 0.368. The quantitative estimate of drug-likeness (QED) is 0.865. The highest BCUT2D eigenvalue weighted by Gasteiger charge is 2.27. The molecule has 0 spiro atoms. The second-order valence-corrected chi connectivity index (χ2v) is 3.60. The smallest absolute Gasteiger partial charge is 0.406 e. The number of aromatic nitrogens is 2. The molecule has 4 nitrogen and oxygen atoms in total. The molecule has 1 unspecified atom stereocenters. The minimum atomic E-state index is -4.30. The molecular weight excluding hydrogens is 225 g/mol. The summed E-state index contributed by atoms with van der Waals surface area (Å²) in [6.07, 6.45) is -1.90. The number of carboxylic acids is 1. The maximum absolute atomic E-state index is 12.0. The first kappa shape index (κ1) is 12.5. The number of alkyl halides is 3. The average molecular weight is 236 g/mol. The Bertz CT molecular complexity index is 373. The lowest BCUT2D eigenvalue weighted by Gasteiger charge is -2.06. The van der Waals surface area contributed by atoms with Crippen molar-refractivity contribution in [3.05, 3.63) is 18.2 Å². The van der Waals surface area contributed by atoms with E-state index >= 15 is 0 Å². The zero-order valence-corrected chi connectivity index (χ0v) is 8.53. The van der Waals surface area contributed by atoms with Gasteiger partial charge in [0, 0.05) is 12.6 Å². The van der Waals surface area contributed by atoms with E-state index in [0.717, 1.165) is 10.9 Å². The third kappa shape index (κ3) is 3.92. The van der Waals surface area contributed by atoms with Crippen LogP contribution in [-0.4, -0.2) is 26.8 Å². The normalized spacial score (nSPS) is 13.8. The minimum absolute atomic E-state index is 0.125. The molecule has 1 N–H and O–H groups in total. The summed E-state index contributed by atoms with van der Waals surface area (Å²) in [5.41, 5.74) is 0.346. The molecule has 1 rings (SSSR count). The summed E-state index contributed by atoms with van der Waals surface area (Å²) in [5.74, 6) is -1.65. The number of hydrogen-bond acceptors (Lipinski definition) is 2. The van der Waals surface area contributed by atoms with Crippen LogP contribution in [0.2, 0.25) is 0 Å². The second kappa shape index (κ2) is 4.54. The zero-order valence-electron chi connectivity index (χ0n) is 8.53. The second-order valence-electron chi connectivity index (χ2n) is 3.60. The van der Waals surface area contributed by atoms with Gasteiger partial charge in [-0.3, -0.25) is 4.79 Å². The van der Waals surface area contributed by atoms with Gasteiger partial charge < -0.3 is 9.67 Å². The van der Waals surface area contributed by atoms with E-state index in [0.29, 0.717) is 5.69 Å². The zero-order chi connectivity index (χ0) is 12.3. The van der Waals surface area contributed by atoms with Crippen molar-refractivity contribution >= 4 is 5.97 Å². The lowest BCUT2D eigenvalue weighted by atomic mass is 10.1. The van der Waals surface area contributed by atoms with Crippen molar-refractivity contribution in [2.75, 3.05) is 0 Å². The Balaban J connectivity index is 2.62. The Kier molecular flexibility index (Phi) is 3.56. The van der Waals surface area contributed by atoms with E-state index in [1.54, 1.807) is 0 Å². The molecule has 0 fully saturated rings. The van der Waals surface area contributed by atoms with E-state index in [9.17, 15) is 18.0 Å². The number of carbonyl (C=O) groups is 1. The molecule has 0 bridgehead atoms. The number of hydrogen-bond donors (Lipinski definition) is 1. The molecule has 1 heterocycles. The van der Waals surface area contributed by atoms with Gasteiger partial charge in [0.05, 0.1) is 17.9 Å². The maximum atomic E-state index is 12.0. The van der Waals surface area contributed by atoms with Crippen LogP contribution in [0, 0.1) is 5.92 Å². The van der Waals surface area contributed by atoms with Crippen molar-refractivity contribution < 1.29 is 23.1 Å². The molecule has 90 valence electrons. The molecule has 0 aromatic carbocycles. The fraction of sp³-hybridized carbons (Fsp3) is 0.556. The summed E-state index contributed by atoms with van der Waals surface area (Å²) in [7, 11) is 0. The number of aliphatic carboxylic acids is 1. The number of rotatable bonds is 4. The highest BCUT2D eigenvalue weighted by molar-refractivity contribution is 5.69. The number of imidazole rings is 1. The third-order valence-corrected chi connectivity index (χ3v) is 1.99. The van der Waals surface area contributed by atoms with Crippen LogP contribution in [0.4, 0.5) is 13.2 Å². The summed E-state index contributed by atoms with van der Waals surface area (Å²) in [5, 5.41) is 8.62. The lowest BCUT2D eigenvalue weighted by molar-refractivity contribution is -0.142. The Labute approximate surface area is 89.7 Å². The molecule has 16 heavy (non-hydrogen) atoms. The lowest BCUT2D eigenvalue weighted by Crippen LogP contribution is -2.16. The molecule has 0 aliphatic heterocycles. The predicted molar refractivity (Wildman–Crippen MR) is 48.8 cm³/mol. The Morgan fingerprint density at radius 1 is 1.62 bits per heavy atom. The minimum Gasteiger partial charge on any atom is -0.481 e. The number of carboxylic acid groups (broad SMARTS) is 1. The van der Waals surface area contributed by atoms with Crippen molar-refractivity contribution in [3.63, 3.8) is 0 Å². The molecule has 7 heteroatoms. The van der Waals surface area contributed by atoms with Gasteiger partial charge in [-0.2, -0.15) is 13.2 Å². The van der Waals surface area contributed by atoms with Gasteiger partial charge in [0.2, 0.25) is 0 Å². The largest absolute Gasteiger partial charge is 0.481 e. The molecule has 1 aromatic rings. The van der Waals surface area contributed by atoms with Gasteiger partial charge in [0.1, 0.15) is 6.54 Å². The first-order chi connectivity index (χ1) is 7.28. The summed E-state index contributed by atoms with van der Waals surface area (Å²) in [6, 6.07) is 0. The fourth-order valence-corrected chi connectivity index (χ4v) is 1.21. The summed E-state index contributed by atoms with van der Waals surface area (Å²) >= 11 is 0. The molecule has 0 saturated heterocycles. The van der Waals surface area contributed by atoms with Crippen molar-refractivity contribution in [2.24, 2.45) is 5.92 Å². The number of halogens is 3. The summed E-state index contributed by atoms with van der Waals surface area (Å²) < 4.78 is 36.9. The molecule has 0 aliphatic carbocycles. The Morgan fingerprint density at radius 2 is 2.25 bits per heavy atom. The van der Waals surface area contributed by atoms with E-state index in [1.165, 1.54) is 13.1 Å². The van der Waals surface area contributed by atoms with E-state index in [2.05, 4.69) is 4.98 Å². The fourth-order valence-electron chi connectivity index (χ4n) is 1.21. The van der Waals surface area contributed by atoms with Gasteiger partial charge in [-0.1, -0.05) is 6.92 Å². The van der Waals surface area contributed by atoms with Gasteiger partial charge in [0.25, 0.3) is 0 Å². The van der Waals surface area contributed by atoms with Crippen molar-refractivity contribution in [1.29, 1.82) is 0 Å². The number of nitrogens with zero attached hydrogens (tertiary/aromatic N) is 2. The van der Waals surface area contributed by atoms with Gasteiger partial charge in [-0.25, -0.2) is 4.98 Å². The van der Waals surface area contributed by atoms with Gasteiger partial charge in [-0.15, -0.1) is 0 Å². The third-order valence-electron chi connectivity index (χ3n) is 1.99. The van der Waals surface area contributed by atoms with Crippen LogP contribution in [-0.2, 0) is 17.8 Å². The van der Waals surface area contributed by atoms with Crippen LogP contribution in [0.1, 0.15) is 12.6 Å². The molecular formula is C9H11F3N2O2. The van der Waals surface area contributed by atoms with Crippen LogP contribution in [0.15, 0.2) is 12.5 Å². The van der Waals surface area contributed by atoms with E-state index in [-0.39, 0.29) is 6.42 Å². The SMILES string of the molecule is CC(Cc1cn(CC(F)(F)F)cn1)C(=O)O. The molecule has 1 aromatic heterocycles. The van der Waals surface area contributed by atoms with Crippen LogP contribution >= 0.6 is 0 Å². The van der Waals surface area contributed by atoms with Crippen molar-refractivity contribution in [2.45, 2.75) is 26.1 Å². The molecule has 0 saturated carbocycles. The standard InChI is InChI=1S/C9H11F3N2O2/c1-6(8(15)16)2-7-3-14(5-13-7)4-9(10,11)12/h3,5-6H,2,4H2,1H3,(H,15,16). The highest BCUT2D eigenvalue weighted by Crippen LogP contribution is 2.17.